The molecular formula is C16H32N2. The quantitative estimate of drug-likeness (QED) is 0.806. The minimum absolute atomic E-state index is 0.751. The van der Waals surface area contributed by atoms with E-state index < -0.39 is 0 Å². The number of nitrogens with one attached hydrogen (secondary N) is 1. The van der Waals surface area contributed by atoms with E-state index in [9.17, 15) is 0 Å². The molecular weight excluding hydrogens is 220 g/mol. The van der Waals surface area contributed by atoms with E-state index in [1.165, 1.54) is 71.0 Å². The Morgan fingerprint density at radius 2 is 1.89 bits per heavy atom. The van der Waals surface area contributed by atoms with Crippen LogP contribution in [0.5, 0.6) is 0 Å². The Morgan fingerprint density at radius 1 is 1.11 bits per heavy atom. The van der Waals surface area contributed by atoms with Gasteiger partial charge >= 0.3 is 0 Å². The first-order chi connectivity index (χ1) is 8.83. The summed E-state index contributed by atoms with van der Waals surface area (Å²) in [6, 6.07) is 1.54. The molecule has 1 heterocycles. The molecule has 2 atom stereocenters. The normalized spacial score (nSPS) is 31.7. The molecule has 2 rings (SSSR count). The van der Waals surface area contributed by atoms with Gasteiger partial charge in [0.15, 0.2) is 0 Å². The summed E-state index contributed by atoms with van der Waals surface area (Å²) in [5, 5.41) is 3.75. The van der Waals surface area contributed by atoms with Gasteiger partial charge in [-0.15, -0.1) is 0 Å². The summed E-state index contributed by atoms with van der Waals surface area (Å²) in [5.74, 6) is 0.994. The van der Waals surface area contributed by atoms with Crippen LogP contribution in [0.2, 0.25) is 0 Å². The Balaban J connectivity index is 1.84. The highest BCUT2D eigenvalue weighted by Gasteiger charge is 2.28. The second-order valence-corrected chi connectivity index (χ2v) is 6.41. The Bertz CT molecular complexity index is 223. The van der Waals surface area contributed by atoms with Gasteiger partial charge in [0.25, 0.3) is 0 Å². The molecule has 0 bridgehead atoms. The molecule has 1 aliphatic carbocycles. The van der Waals surface area contributed by atoms with E-state index in [0.29, 0.717) is 0 Å². The zero-order chi connectivity index (χ0) is 12.8. The molecule has 1 saturated heterocycles. The maximum absolute atomic E-state index is 3.75. The maximum atomic E-state index is 3.75. The Kier molecular flexibility index (Phi) is 5.97. The van der Waals surface area contributed by atoms with Crippen LogP contribution in [0.4, 0.5) is 0 Å². The first kappa shape index (κ1) is 14.3. The summed E-state index contributed by atoms with van der Waals surface area (Å²) in [6.07, 6.45) is 11.4. The summed E-state index contributed by atoms with van der Waals surface area (Å²) in [7, 11) is 0. The molecule has 2 fully saturated rings. The van der Waals surface area contributed by atoms with Crippen LogP contribution in [0.3, 0.4) is 0 Å². The molecule has 106 valence electrons. The van der Waals surface area contributed by atoms with Crippen molar-refractivity contribution in [2.75, 3.05) is 19.6 Å². The fourth-order valence-corrected chi connectivity index (χ4v) is 3.80. The molecule has 1 aliphatic heterocycles. The van der Waals surface area contributed by atoms with Crippen molar-refractivity contribution in [1.82, 2.24) is 10.2 Å². The highest BCUT2D eigenvalue weighted by molar-refractivity contribution is 4.86. The molecule has 0 radical (unpaired) electrons. The lowest BCUT2D eigenvalue weighted by molar-refractivity contribution is 0.0944. The lowest BCUT2D eigenvalue weighted by atomic mass is 9.88. The van der Waals surface area contributed by atoms with Crippen molar-refractivity contribution in [3.63, 3.8) is 0 Å². The van der Waals surface area contributed by atoms with Crippen LogP contribution >= 0.6 is 0 Å². The highest BCUT2D eigenvalue weighted by Crippen LogP contribution is 2.26. The van der Waals surface area contributed by atoms with E-state index in [1.54, 1.807) is 0 Å². The van der Waals surface area contributed by atoms with Gasteiger partial charge in [-0.3, -0.25) is 4.90 Å². The maximum Gasteiger partial charge on any atom is 0.0218 e. The van der Waals surface area contributed by atoms with Gasteiger partial charge in [-0.25, -0.2) is 0 Å². The predicted octanol–water partition coefficient (Wildman–Crippen LogP) is 3.42. The van der Waals surface area contributed by atoms with Gasteiger partial charge in [0, 0.05) is 31.7 Å². The van der Waals surface area contributed by atoms with Crippen LogP contribution in [0.15, 0.2) is 0 Å². The highest BCUT2D eigenvalue weighted by atomic mass is 15.2. The second kappa shape index (κ2) is 7.49. The van der Waals surface area contributed by atoms with Gasteiger partial charge in [0.2, 0.25) is 0 Å². The number of hydrogen-bond donors (Lipinski definition) is 1. The van der Waals surface area contributed by atoms with Gasteiger partial charge in [0.05, 0.1) is 0 Å². The van der Waals surface area contributed by atoms with Gasteiger partial charge in [-0.05, 0) is 31.6 Å². The minimum atomic E-state index is 0.751. The average Bonchev–Trinajstić information content (AvgIpc) is 2.41. The van der Waals surface area contributed by atoms with E-state index in [0.717, 1.165) is 18.0 Å². The average molecular weight is 252 g/mol. The zero-order valence-corrected chi connectivity index (χ0v) is 12.5. The third-order valence-electron chi connectivity index (χ3n) is 4.94. The molecule has 2 aliphatic rings. The molecule has 2 nitrogen and oxygen atoms in total. The third-order valence-corrected chi connectivity index (χ3v) is 4.94. The number of rotatable bonds is 5. The molecule has 2 unspecified atom stereocenters. The summed E-state index contributed by atoms with van der Waals surface area (Å²) >= 11 is 0. The topological polar surface area (TPSA) is 15.3 Å². The lowest BCUT2D eigenvalue weighted by Gasteiger charge is -2.42. The van der Waals surface area contributed by atoms with Crippen molar-refractivity contribution in [2.24, 2.45) is 5.92 Å². The van der Waals surface area contributed by atoms with Crippen LogP contribution in [-0.4, -0.2) is 36.6 Å². The van der Waals surface area contributed by atoms with Crippen LogP contribution in [0.25, 0.3) is 0 Å². The van der Waals surface area contributed by atoms with Crippen LogP contribution in [-0.2, 0) is 0 Å². The fourth-order valence-electron chi connectivity index (χ4n) is 3.80. The summed E-state index contributed by atoms with van der Waals surface area (Å²) in [4.78, 5) is 2.81. The fraction of sp³-hybridized carbons (Fsp3) is 1.00. The van der Waals surface area contributed by atoms with Crippen molar-refractivity contribution in [1.29, 1.82) is 0 Å². The van der Waals surface area contributed by atoms with E-state index >= 15 is 0 Å². The molecule has 1 saturated carbocycles. The van der Waals surface area contributed by atoms with Crippen molar-refractivity contribution >= 4 is 0 Å². The summed E-state index contributed by atoms with van der Waals surface area (Å²) in [6.45, 7) is 8.54. The first-order valence-electron chi connectivity index (χ1n) is 8.30. The smallest absolute Gasteiger partial charge is 0.0218 e. The van der Waals surface area contributed by atoms with Crippen LogP contribution in [0, 0.1) is 5.92 Å². The zero-order valence-electron chi connectivity index (χ0n) is 12.5. The SMILES string of the molecule is CCCC1CN(CC2CCCCC2)C(CC)CN1. The molecule has 0 amide bonds. The van der Waals surface area contributed by atoms with Gasteiger partial charge in [-0.1, -0.05) is 39.5 Å². The summed E-state index contributed by atoms with van der Waals surface area (Å²) in [5.41, 5.74) is 0. The van der Waals surface area contributed by atoms with Crippen LogP contribution < -0.4 is 5.32 Å². The Labute approximate surface area is 114 Å². The largest absolute Gasteiger partial charge is 0.311 e. The van der Waals surface area contributed by atoms with Crippen molar-refractivity contribution in [3.05, 3.63) is 0 Å². The molecule has 1 N–H and O–H groups in total. The third kappa shape index (κ3) is 3.96. The molecule has 0 aromatic rings. The number of nitrogens with zero attached hydrogens (tertiary/aromatic N) is 1. The van der Waals surface area contributed by atoms with Crippen molar-refractivity contribution in [3.8, 4) is 0 Å². The van der Waals surface area contributed by atoms with E-state index in [4.69, 9.17) is 0 Å². The molecule has 2 heteroatoms. The minimum Gasteiger partial charge on any atom is -0.311 e. The predicted molar refractivity (Wildman–Crippen MR) is 78.9 cm³/mol. The standard InChI is InChI=1S/C16H32N2/c1-3-8-15-13-18(16(4-2)11-17-15)12-14-9-6-5-7-10-14/h14-17H,3-13H2,1-2H3. The van der Waals surface area contributed by atoms with E-state index in [2.05, 4.69) is 24.1 Å². The first-order valence-corrected chi connectivity index (χ1v) is 8.30. The van der Waals surface area contributed by atoms with Gasteiger partial charge < -0.3 is 5.32 Å². The Hall–Kier alpha value is -0.0800. The van der Waals surface area contributed by atoms with Crippen LogP contribution in [0.1, 0.15) is 65.2 Å². The Morgan fingerprint density at radius 3 is 2.56 bits per heavy atom. The molecule has 0 spiro atoms. The monoisotopic (exact) mass is 252 g/mol. The van der Waals surface area contributed by atoms with E-state index in [-0.39, 0.29) is 0 Å². The second-order valence-electron chi connectivity index (χ2n) is 6.41. The molecule has 0 aromatic heterocycles. The molecule has 0 aromatic carbocycles. The number of hydrogen-bond acceptors (Lipinski definition) is 2. The molecule has 18 heavy (non-hydrogen) atoms. The lowest BCUT2D eigenvalue weighted by Crippen LogP contribution is -2.57. The van der Waals surface area contributed by atoms with Crippen molar-refractivity contribution in [2.45, 2.75) is 77.3 Å². The van der Waals surface area contributed by atoms with Gasteiger partial charge in [-0.2, -0.15) is 0 Å². The van der Waals surface area contributed by atoms with Gasteiger partial charge in [0.1, 0.15) is 0 Å². The summed E-state index contributed by atoms with van der Waals surface area (Å²) < 4.78 is 0. The van der Waals surface area contributed by atoms with E-state index in [1.807, 2.05) is 0 Å². The van der Waals surface area contributed by atoms with Crippen molar-refractivity contribution < 1.29 is 0 Å². The number of piperazine rings is 1.